The van der Waals surface area contributed by atoms with Gasteiger partial charge in [0, 0.05) is 17.0 Å². The Morgan fingerprint density at radius 2 is 2.05 bits per heavy atom. The van der Waals surface area contributed by atoms with E-state index in [1.807, 2.05) is 18.2 Å². The zero-order valence-electron chi connectivity index (χ0n) is 11.6. The highest BCUT2D eigenvalue weighted by Crippen LogP contribution is 2.37. The van der Waals surface area contributed by atoms with Crippen LogP contribution in [0.15, 0.2) is 30.3 Å². The molecule has 0 bridgehead atoms. The topological polar surface area (TPSA) is 63.9 Å². The zero-order valence-corrected chi connectivity index (χ0v) is 11.6. The molecular weight excluding hydrogens is 246 g/mol. The van der Waals surface area contributed by atoms with Gasteiger partial charge in [-0.3, -0.25) is 5.73 Å². The lowest BCUT2D eigenvalue weighted by Crippen LogP contribution is -2.26. The van der Waals surface area contributed by atoms with Crippen molar-refractivity contribution in [2.24, 2.45) is 0 Å². The number of nitrogens with two attached hydrogens (primary N) is 1. The van der Waals surface area contributed by atoms with Gasteiger partial charge in [-0.1, -0.05) is 37.3 Å². The fourth-order valence-electron chi connectivity index (χ4n) is 3.15. The summed E-state index contributed by atoms with van der Waals surface area (Å²) >= 11 is 0. The molecule has 0 spiro atoms. The van der Waals surface area contributed by atoms with Gasteiger partial charge in [0.15, 0.2) is 0 Å². The Morgan fingerprint density at radius 3 is 2.75 bits per heavy atom. The van der Waals surface area contributed by atoms with Crippen LogP contribution >= 0.6 is 0 Å². The third-order valence-corrected chi connectivity index (χ3v) is 4.15. The molecule has 0 radical (unpaired) electrons. The van der Waals surface area contributed by atoms with Crippen LogP contribution < -0.4 is 10.7 Å². The van der Waals surface area contributed by atoms with Gasteiger partial charge in [0.1, 0.15) is 17.3 Å². The number of H-pyrrole nitrogens is 1. The molecule has 1 aromatic carbocycles. The third kappa shape index (κ3) is 1.94. The van der Waals surface area contributed by atoms with E-state index in [1.54, 1.807) is 0 Å². The van der Waals surface area contributed by atoms with Crippen LogP contribution in [0.3, 0.4) is 0 Å². The number of hydrogen-bond donors (Lipinski definition) is 1. The second-order valence-corrected chi connectivity index (χ2v) is 5.45. The first-order valence-corrected chi connectivity index (χ1v) is 7.05. The fraction of sp³-hybridized carbons (Fsp3) is 0.294. The van der Waals surface area contributed by atoms with Crippen molar-refractivity contribution < 1.29 is 4.98 Å². The average Bonchev–Trinajstić information content (AvgIpc) is 2.48. The number of anilines is 1. The van der Waals surface area contributed by atoms with Crippen LogP contribution in [0, 0.1) is 11.3 Å². The number of aromatic amines is 1. The van der Waals surface area contributed by atoms with Crippen LogP contribution in [-0.2, 0) is 6.42 Å². The van der Waals surface area contributed by atoms with Crippen molar-refractivity contribution in [3.8, 4) is 17.2 Å². The number of rotatable bonds is 1. The molecule has 1 atom stereocenters. The highest BCUT2D eigenvalue weighted by molar-refractivity contribution is 5.77. The summed E-state index contributed by atoms with van der Waals surface area (Å²) in [5, 5.41) is 9.48. The molecule has 2 aromatic rings. The number of aromatic nitrogens is 1. The molecule has 1 unspecified atom stereocenters. The minimum Gasteiger partial charge on any atom is -0.286 e. The van der Waals surface area contributed by atoms with E-state index in [9.17, 15) is 5.26 Å². The second kappa shape index (κ2) is 4.97. The summed E-state index contributed by atoms with van der Waals surface area (Å²) in [7, 11) is 0. The number of fused-ring (bicyclic) bond motifs is 1. The molecule has 20 heavy (non-hydrogen) atoms. The summed E-state index contributed by atoms with van der Waals surface area (Å²) in [6.45, 7) is 2.22. The summed E-state index contributed by atoms with van der Waals surface area (Å²) in [6.07, 6.45) is 3.34. The van der Waals surface area contributed by atoms with Crippen molar-refractivity contribution in [3.05, 3.63) is 47.2 Å². The number of hydrogen-bond acceptors (Lipinski definition) is 2. The summed E-state index contributed by atoms with van der Waals surface area (Å²) in [4.78, 5) is 3.26. The smallest absolute Gasteiger partial charge is 0.286 e. The van der Waals surface area contributed by atoms with Crippen molar-refractivity contribution in [3.63, 3.8) is 0 Å². The lowest BCUT2D eigenvalue weighted by molar-refractivity contribution is -0.377. The lowest BCUT2D eigenvalue weighted by atomic mass is 9.82. The van der Waals surface area contributed by atoms with Gasteiger partial charge >= 0.3 is 0 Å². The maximum atomic E-state index is 9.48. The predicted octanol–water partition coefficient (Wildman–Crippen LogP) is 3.06. The summed E-state index contributed by atoms with van der Waals surface area (Å²) < 4.78 is 0. The van der Waals surface area contributed by atoms with Crippen molar-refractivity contribution in [2.45, 2.75) is 32.1 Å². The van der Waals surface area contributed by atoms with Crippen LogP contribution in [0.1, 0.15) is 42.5 Å². The molecule has 3 N–H and O–H groups in total. The van der Waals surface area contributed by atoms with Crippen molar-refractivity contribution in [1.82, 2.24) is 0 Å². The van der Waals surface area contributed by atoms with E-state index >= 15 is 0 Å². The minimum absolute atomic E-state index is 0.469. The van der Waals surface area contributed by atoms with Crippen molar-refractivity contribution in [2.75, 3.05) is 5.73 Å². The molecule has 0 fully saturated rings. The highest BCUT2D eigenvalue weighted by Gasteiger charge is 2.28. The zero-order chi connectivity index (χ0) is 14.1. The number of pyridine rings is 1. The number of benzene rings is 1. The monoisotopic (exact) mass is 264 g/mol. The minimum atomic E-state index is 0.469. The van der Waals surface area contributed by atoms with Gasteiger partial charge in [0.25, 0.3) is 5.82 Å². The molecular formula is C17H18N3+. The SMILES string of the molecule is CC1CCCc2c1[nH+]c(N)c(C#N)c2-c1ccccc1. The van der Waals surface area contributed by atoms with E-state index in [2.05, 4.69) is 30.1 Å². The molecule has 3 heteroatoms. The third-order valence-electron chi connectivity index (χ3n) is 4.15. The number of nitrogens with one attached hydrogen (secondary N) is 1. The van der Waals surface area contributed by atoms with Gasteiger partial charge in [0.2, 0.25) is 0 Å². The lowest BCUT2D eigenvalue weighted by Gasteiger charge is -2.23. The van der Waals surface area contributed by atoms with Gasteiger partial charge in [-0.05, 0) is 24.8 Å². The number of nitriles is 1. The molecule has 0 saturated heterocycles. The van der Waals surface area contributed by atoms with Crippen LogP contribution in [0.5, 0.6) is 0 Å². The first-order chi connectivity index (χ1) is 9.72. The van der Waals surface area contributed by atoms with E-state index in [1.165, 1.54) is 17.7 Å². The molecule has 1 aliphatic rings. The van der Waals surface area contributed by atoms with Crippen LogP contribution in [0.25, 0.3) is 11.1 Å². The second-order valence-electron chi connectivity index (χ2n) is 5.45. The van der Waals surface area contributed by atoms with Gasteiger partial charge in [-0.15, -0.1) is 0 Å². The van der Waals surface area contributed by atoms with E-state index in [0.717, 1.165) is 24.0 Å². The normalized spacial score (nSPS) is 17.3. The molecule has 3 nitrogen and oxygen atoms in total. The summed E-state index contributed by atoms with van der Waals surface area (Å²) in [5.74, 6) is 0.954. The number of nitrogen functional groups attached to an aromatic ring is 1. The van der Waals surface area contributed by atoms with Crippen LogP contribution in [0.2, 0.25) is 0 Å². The Labute approximate surface area is 119 Å². The first kappa shape index (κ1) is 12.7. The Morgan fingerprint density at radius 1 is 1.30 bits per heavy atom. The van der Waals surface area contributed by atoms with Crippen LogP contribution in [0.4, 0.5) is 5.82 Å². The van der Waals surface area contributed by atoms with Crippen molar-refractivity contribution >= 4 is 5.82 Å². The maximum Gasteiger partial charge on any atom is 0.289 e. The van der Waals surface area contributed by atoms with Crippen LogP contribution in [-0.4, -0.2) is 0 Å². The first-order valence-electron chi connectivity index (χ1n) is 7.05. The van der Waals surface area contributed by atoms with Crippen molar-refractivity contribution in [1.29, 1.82) is 5.26 Å². The average molecular weight is 264 g/mol. The Kier molecular flexibility index (Phi) is 3.15. The van der Waals surface area contributed by atoms with E-state index in [4.69, 9.17) is 5.73 Å². The number of nitrogens with zero attached hydrogens (tertiary/aromatic N) is 1. The fourth-order valence-corrected chi connectivity index (χ4v) is 3.15. The van der Waals surface area contributed by atoms with Gasteiger partial charge in [-0.25, -0.2) is 4.98 Å². The quantitative estimate of drug-likeness (QED) is 0.860. The Balaban J connectivity index is 2.34. The summed E-state index contributed by atoms with van der Waals surface area (Å²) in [6, 6.07) is 12.4. The molecule has 1 aromatic heterocycles. The molecule has 0 amide bonds. The standard InChI is InChI=1S/C17H17N3/c1-11-6-5-9-13-15(12-7-3-2-4-8-12)14(10-18)17(19)20-16(11)13/h2-4,7-8,11H,5-6,9H2,1H3,(H2,19,20)/p+1. The highest BCUT2D eigenvalue weighted by atomic mass is 14.9. The van der Waals surface area contributed by atoms with Gasteiger partial charge in [0.05, 0.1) is 0 Å². The molecule has 1 aliphatic carbocycles. The molecule has 100 valence electrons. The Bertz CT molecular complexity index is 684. The van der Waals surface area contributed by atoms with E-state index < -0.39 is 0 Å². The molecule has 3 rings (SSSR count). The Hall–Kier alpha value is -2.34. The molecule has 1 heterocycles. The summed E-state index contributed by atoms with van der Waals surface area (Å²) in [5.41, 5.74) is 11.2. The predicted molar refractivity (Wildman–Crippen MR) is 78.9 cm³/mol. The van der Waals surface area contributed by atoms with E-state index in [0.29, 0.717) is 17.3 Å². The van der Waals surface area contributed by atoms with Gasteiger partial charge in [-0.2, -0.15) is 5.26 Å². The largest absolute Gasteiger partial charge is 0.289 e. The van der Waals surface area contributed by atoms with Gasteiger partial charge < -0.3 is 0 Å². The molecule has 0 aliphatic heterocycles. The van der Waals surface area contributed by atoms with E-state index in [-0.39, 0.29) is 0 Å². The molecule has 0 saturated carbocycles. The maximum absolute atomic E-state index is 9.48.